The van der Waals surface area contributed by atoms with Gasteiger partial charge >= 0.3 is 6.03 Å². The van der Waals surface area contributed by atoms with Crippen molar-refractivity contribution in [3.05, 3.63) is 59.2 Å². The summed E-state index contributed by atoms with van der Waals surface area (Å²) in [5.74, 6) is 0.816. The Hall–Kier alpha value is -2.53. The molecule has 2 rings (SSSR count). The standard InChI is InChI=1S/C20H27N3O2/c1-15-8-9-19(16(2)12-15)22-20(24)21-14-17-6-5-7-18(13-17)25-11-10-23(3)4/h5-9,12-13H,10-11,14H2,1-4H3,(H2,21,22,24). The van der Waals surface area contributed by atoms with Crippen molar-refractivity contribution in [3.8, 4) is 5.75 Å². The second kappa shape index (κ2) is 9.08. The van der Waals surface area contributed by atoms with Crippen LogP contribution in [0.1, 0.15) is 16.7 Å². The van der Waals surface area contributed by atoms with Crippen LogP contribution in [-0.2, 0) is 6.54 Å². The highest BCUT2D eigenvalue weighted by Crippen LogP contribution is 2.16. The molecule has 5 heteroatoms. The van der Waals surface area contributed by atoms with Crippen LogP contribution in [0.25, 0.3) is 0 Å². The van der Waals surface area contributed by atoms with Gasteiger partial charge in [-0.3, -0.25) is 0 Å². The number of likely N-dealkylation sites (N-methyl/N-ethyl adjacent to an activating group) is 1. The maximum Gasteiger partial charge on any atom is 0.319 e. The molecular formula is C20H27N3O2. The number of nitrogens with one attached hydrogen (secondary N) is 2. The van der Waals surface area contributed by atoms with E-state index in [9.17, 15) is 4.79 Å². The highest BCUT2D eigenvalue weighted by molar-refractivity contribution is 5.90. The molecule has 0 unspecified atom stereocenters. The number of aryl methyl sites for hydroxylation is 2. The van der Waals surface area contributed by atoms with E-state index in [4.69, 9.17) is 4.74 Å². The van der Waals surface area contributed by atoms with Crippen molar-refractivity contribution in [1.29, 1.82) is 0 Å². The summed E-state index contributed by atoms with van der Waals surface area (Å²) < 4.78 is 5.72. The number of benzene rings is 2. The van der Waals surface area contributed by atoms with Crippen LogP contribution in [0.2, 0.25) is 0 Å². The maximum absolute atomic E-state index is 12.1. The van der Waals surface area contributed by atoms with Crippen molar-refractivity contribution in [2.45, 2.75) is 20.4 Å². The number of anilines is 1. The monoisotopic (exact) mass is 341 g/mol. The van der Waals surface area contributed by atoms with Crippen molar-refractivity contribution in [2.24, 2.45) is 0 Å². The quantitative estimate of drug-likeness (QED) is 0.809. The van der Waals surface area contributed by atoms with Crippen molar-refractivity contribution in [3.63, 3.8) is 0 Å². The van der Waals surface area contributed by atoms with Gasteiger partial charge in [-0.15, -0.1) is 0 Å². The fourth-order valence-electron chi connectivity index (χ4n) is 2.39. The zero-order chi connectivity index (χ0) is 18.2. The van der Waals surface area contributed by atoms with E-state index in [2.05, 4.69) is 15.5 Å². The summed E-state index contributed by atoms with van der Waals surface area (Å²) in [6.45, 7) is 5.96. The first-order valence-corrected chi connectivity index (χ1v) is 8.42. The summed E-state index contributed by atoms with van der Waals surface area (Å²) in [5.41, 5.74) is 4.04. The molecule has 0 radical (unpaired) electrons. The number of hydrogen-bond donors (Lipinski definition) is 2. The molecule has 0 saturated carbocycles. The highest BCUT2D eigenvalue weighted by atomic mass is 16.5. The minimum Gasteiger partial charge on any atom is -0.492 e. The number of carbonyl (C=O) groups excluding carboxylic acids is 1. The first-order valence-electron chi connectivity index (χ1n) is 8.42. The molecule has 2 aromatic rings. The Balaban J connectivity index is 1.84. The lowest BCUT2D eigenvalue weighted by molar-refractivity contribution is 0.251. The minimum absolute atomic E-state index is 0.217. The molecule has 2 N–H and O–H groups in total. The summed E-state index contributed by atoms with van der Waals surface area (Å²) in [5, 5.41) is 5.76. The molecule has 0 bridgehead atoms. The third kappa shape index (κ3) is 6.47. The van der Waals surface area contributed by atoms with E-state index in [1.54, 1.807) is 0 Å². The number of urea groups is 1. The number of amides is 2. The molecule has 0 saturated heterocycles. The number of hydrogen-bond acceptors (Lipinski definition) is 3. The molecule has 0 aromatic heterocycles. The fourth-order valence-corrected chi connectivity index (χ4v) is 2.39. The van der Waals surface area contributed by atoms with Crippen molar-refractivity contribution in [2.75, 3.05) is 32.6 Å². The van der Waals surface area contributed by atoms with Gasteiger partial charge in [-0.2, -0.15) is 0 Å². The topological polar surface area (TPSA) is 53.6 Å². The van der Waals surface area contributed by atoms with E-state index < -0.39 is 0 Å². The zero-order valence-electron chi connectivity index (χ0n) is 15.4. The smallest absolute Gasteiger partial charge is 0.319 e. The summed E-state index contributed by atoms with van der Waals surface area (Å²) in [4.78, 5) is 14.2. The average Bonchev–Trinajstić information content (AvgIpc) is 2.56. The van der Waals surface area contributed by atoms with Crippen LogP contribution in [0.5, 0.6) is 5.75 Å². The van der Waals surface area contributed by atoms with E-state index in [-0.39, 0.29) is 6.03 Å². The van der Waals surface area contributed by atoms with Gasteiger partial charge in [0.15, 0.2) is 0 Å². The van der Waals surface area contributed by atoms with Crippen LogP contribution in [0.4, 0.5) is 10.5 Å². The van der Waals surface area contributed by atoms with Crippen LogP contribution in [-0.4, -0.2) is 38.2 Å². The van der Waals surface area contributed by atoms with Crippen LogP contribution in [0.3, 0.4) is 0 Å². The summed E-state index contributed by atoms with van der Waals surface area (Å²) in [7, 11) is 4.02. The third-order valence-corrected chi connectivity index (χ3v) is 3.79. The Morgan fingerprint density at radius 2 is 1.92 bits per heavy atom. The lowest BCUT2D eigenvalue weighted by atomic mass is 10.1. The number of nitrogens with zero attached hydrogens (tertiary/aromatic N) is 1. The van der Waals surface area contributed by atoms with E-state index in [0.717, 1.165) is 29.1 Å². The first kappa shape index (κ1) is 18.8. The molecule has 0 aliphatic rings. The predicted molar refractivity (Wildman–Crippen MR) is 102 cm³/mol. The Bertz CT molecular complexity index is 714. The molecule has 134 valence electrons. The molecule has 0 aliphatic heterocycles. The van der Waals surface area contributed by atoms with Crippen LogP contribution in [0.15, 0.2) is 42.5 Å². The largest absolute Gasteiger partial charge is 0.492 e. The molecule has 0 aliphatic carbocycles. The molecule has 5 nitrogen and oxygen atoms in total. The predicted octanol–water partition coefficient (Wildman–Crippen LogP) is 3.57. The first-order chi connectivity index (χ1) is 11.9. The van der Waals surface area contributed by atoms with Gasteiger partial charge in [0.05, 0.1) is 0 Å². The van der Waals surface area contributed by atoms with E-state index in [1.807, 2.05) is 70.4 Å². The van der Waals surface area contributed by atoms with Gasteiger partial charge < -0.3 is 20.3 Å². The van der Waals surface area contributed by atoms with Crippen molar-refractivity contribution < 1.29 is 9.53 Å². The molecule has 0 fully saturated rings. The molecule has 2 aromatic carbocycles. The van der Waals surface area contributed by atoms with Crippen LogP contribution in [0, 0.1) is 13.8 Å². The van der Waals surface area contributed by atoms with Gasteiger partial charge in [0.25, 0.3) is 0 Å². The van der Waals surface area contributed by atoms with Crippen molar-refractivity contribution >= 4 is 11.7 Å². The zero-order valence-corrected chi connectivity index (χ0v) is 15.4. The lowest BCUT2D eigenvalue weighted by Crippen LogP contribution is -2.28. The second-order valence-electron chi connectivity index (χ2n) is 6.43. The van der Waals surface area contributed by atoms with Gasteiger partial charge in [-0.1, -0.05) is 29.8 Å². The van der Waals surface area contributed by atoms with E-state index in [0.29, 0.717) is 13.2 Å². The lowest BCUT2D eigenvalue weighted by Gasteiger charge is -2.13. The SMILES string of the molecule is Cc1ccc(NC(=O)NCc2cccc(OCCN(C)C)c2)c(C)c1. The second-order valence-corrected chi connectivity index (χ2v) is 6.43. The van der Waals surface area contributed by atoms with E-state index >= 15 is 0 Å². The maximum atomic E-state index is 12.1. The number of carbonyl (C=O) groups is 1. The number of ether oxygens (including phenoxy) is 1. The number of rotatable bonds is 7. The Morgan fingerprint density at radius 3 is 2.64 bits per heavy atom. The van der Waals surface area contributed by atoms with Crippen molar-refractivity contribution in [1.82, 2.24) is 10.2 Å². The fraction of sp³-hybridized carbons (Fsp3) is 0.350. The molecule has 2 amide bonds. The van der Waals surface area contributed by atoms with Crippen LogP contribution < -0.4 is 15.4 Å². The van der Waals surface area contributed by atoms with Gasteiger partial charge in [0.1, 0.15) is 12.4 Å². The summed E-state index contributed by atoms with van der Waals surface area (Å²) >= 11 is 0. The van der Waals surface area contributed by atoms with Gasteiger partial charge in [0, 0.05) is 18.8 Å². The molecular weight excluding hydrogens is 314 g/mol. The molecule has 25 heavy (non-hydrogen) atoms. The normalized spacial score (nSPS) is 10.6. The van der Waals surface area contributed by atoms with E-state index in [1.165, 1.54) is 5.56 Å². The summed E-state index contributed by atoms with van der Waals surface area (Å²) in [6, 6.07) is 13.5. The Morgan fingerprint density at radius 1 is 1.12 bits per heavy atom. The van der Waals surface area contributed by atoms with Gasteiger partial charge in [0.2, 0.25) is 0 Å². The van der Waals surface area contributed by atoms with Crippen LogP contribution >= 0.6 is 0 Å². The Labute approximate surface area is 150 Å². The average molecular weight is 341 g/mol. The highest BCUT2D eigenvalue weighted by Gasteiger charge is 2.05. The Kier molecular flexibility index (Phi) is 6.83. The summed E-state index contributed by atoms with van der Waals surface area (Å²) in [6.07, 6.45) is 0. The molecule has 0 heterocycles. The van der Waals surface area contributed by atoms with Gasteiger partial charge in [-0.05, 0) is 57.3 Å². The molecule has 0 spiro atoms. The van der Waals surface area contributed by atoms with Gasteiger partial charge in [-0.25, -0.2) is 4.79 Å². The molecule has 0 atom stereocenters. The minimum atomic E-state index is -0.217. The third-order valence-electron chi connectivity index (χ3n) is 3.79.